The van der Waals surface area contributed by atoms with Gasteiger partial charge in [0.05, 0.1) is 11.7 Å². The lowest BCUT2D eigenvalue weighted by molar-refractivity contribution is 0.320. The Morgan fingerprint density at radius 1 is 1.56 bits per heavy atom. The zero-order valence-electron chi connectivity index (χ0n) is 9.90. The number of thioether (sulfide) groups is 1. The minimum absolute atomic E-state index is 0.416. The standard InChI is InChI=1S/C11H19N3OS/c1-8(2)16-7-10-13-11(15-14-10)9-4-3-5-12-6-9/h8-9,12H,3-7H2,1-2H3. The Morgan fingerprint density at radius 3 is 3.12 bits per heavy atom. The van der Waals surface area contributed by atoms with Gasteiger partial charge in [-0.1, -0.05) is 19.0 Å². The van der Waals surface area contributed by atoms with Gasteiger partial charge in [-0.05, 0) is 24.6 Å². The number of nitrogens with zero attached hydrogens (tertiary/aromatic N) is 2. The predicted molar refractivity (Wildman–Crippen MR) is 65.6 cm³/mol. The summed E-state index contributed by atoms with van der Waals surface area (Å²) in [5, 5.41) is 8.00. The molecule has 0 aliphatic carbocycles. The molecule has 0 bridgehead atoms. The first-order chi connectivity index (χ1) is 7.75. The van der Waals surface area contributed by atoms with Crippen molar-refractivity contribution in [1.82, 2.24) is 15.5 Å². The largest absolute Gasteiger partial charge is 0.339 e. The molecule has 0 saturated carbocycles. The molecule has 1 atom stereocenters. The van der Waals surface area contributed by atoms with Crippen LogP contribution in [0.25, 0.3) is 0 Å². The lowest BCUT2D eigenvalue weighted by Crippen LogP contribution is -2.28. The Labute approximate surface area is 101 Å². The maximum atomic E-state index is 5.32. The highest BCUT2D eigenvalue weighted by Crippen LogP contribution is 2.22. The van der Waals surface area contributed by atoms with Crippen LogP contribution in [0.4, 0.5) is 0 Å². The third-order valence-electron chi connectivity index (χ3n) is 2.68. The molecule has 1 fully saturated rings. The Hall–Kier alpha value is -0.550. The van der Waals surface area contributed by atoms with E-state index in [4.69, 9.17) is 4.52 Å². The summed E-state index contributed by atoms with van der Waals surface area (Å²) in [6, 6.07) is 0. The molecule has 2 heterocycles. The van der Waals surface area contributed by atoms with Gasteiger partial charge in [-0.25, -0.2) is 0 Å². The fourth-order valence-corrected chi connectivity index (χ4v) is 2.40. The van der Waals surface area contributed by atoms with Gasteiger partial charge in [0.1, 0.15) is 0 Å². The second-order valence-corrected chi connectivity index (χ2v) is 6.02. The number of rotatable bonds is 4. The average Bonchev–Trinajstić information content (AvgIpc) is 2.76. The summed E-state index contributed by atoms with van der Waals surface area (Å²) in [7, 11) is 0. The second-order valence-electron chi connectivity index (χ2n) is 4.45. The number of hydrogen-bond acceptors (Lipinski definition) is 5. The summed E-state index contributed by atoms with van der Waals surface area (Å²) in [5.74, 6) is 2.91. The van der Waals surface area contributed by atoms with Crippen LogP contribution in [0.3, 0.4) is 0 Å². The molecule has 0 spiro atoms. The zero-order chi connectivity index (χ0) is 11.4. The smallest absolute Gasteiger partial charge is 0.231 e. The molecular weight excluding hydrogens is 222 g/mol. The van der Waals surface area contributed by atoms with E-state index in [-0.39, 0.29) is 0 Å². The Morgan fingerprint density at radius 2 is 2.44 bits per heavy atom. The first kappa shape index (κ1) is 11.9. The fraction of sp³-hybridized carbons (Fsp3) is 0.818. The molecule has 2 rings (SSSR count). The first-order valence-corrected chi connectivity index (χ1v) is 6.95. The summed E-state index contributed by atoms with van der Waals surface area (Å²) in [5.41, 5.74) is 0. The van der Waals surface area contributed by atoms with E-state index in [1.54, 1.807) is 0 Å². The minimum atomic E-state index is 0.416. The lowest BCUT2D eigenvalue weighted by atomic mass is 10.00. The van der Waals surface area contributed by atoms with E-state index in [0.717, 1.165) is 37.0 Å². The van der Waals surface area contributed by atoms with Gasteiger partial charge in [-0.3, -0.25) is 0 Å². The van der Waals surface area contributed by atoms with E-state index in [1.807, 2.05) is 11.8 Å². The quantitative estimate of drug-likeness (QED) is 0.875. The number of hydrogen-bond donors (Lipinski definition) is 1. The molecule has 1 aliphatic heterocycles. The topological polar surface area (TPSA) is 51.0 Å². The summed E-state index contributed by atoms with van der Waals surface area (Å²) < 4.78 is 5.32. The molecule has 0 aromatic carbocycles. The molecule has 0 amide bonds. The van der Waals surface area contributed by atoms with Crippen LogP contribution in [0.2, 0.25) is 0 Å². The summed E-state index contributed by atoms with van der Waals surface area (Å²) in [4.78, 5) is 4.47. The third kappa shape index (κ3) is 3.22. The SMILES string of the molecule is CC(C)SCc1noc(C2CCCNC2)n1. The highest BCUT2D eigenvalue weighted by atomic mass is 32.2. The van der Waals surface area contributed by atoms with E-state index in [1.165, 1.54) is 6.42 Å². The Balaban J connectivity index is 1.90. The highest BCUT2D eigenvalue weighted by molar-refractivity contribution is 7.99. The summed E-state index contributed by atoms with van der Waals surface area (Å²) >= 11 is 1.84. The van der Waals surface area contributed by atoms with Crippen LogP contribution in [0.1, 0.15) is 44.3 Å². The van der Waals surface area contributed by atoms with Crippen LogP contribution >= 0.6 is 11.8 Å². The van der Waals surface area contributed by atoms with Crippen molar-refractivity contribution >= 4 is 11.8 Å². The molecule has 1 unspecified atom stereocenters. The average molecular weight is 241 g/mol. The van der Waals surface area contributed by atoms with Crippen LogP contribution in [-0.2, 0) is 5.75 Å². The molecule has 5 heteroatoms. The van der Waals surface area contributed by atoms with Gasteiger partial charge >= 0.3 is 0 Å². The Bertz CT molecular complexity index is 321. The minimum Gasteiger partial charge on any atom is -0.339 e. The summed E-state index contributed by atoms with van der Waals surface area (Å²) in [6.07, 6.45) is 2.36. The second kappa shape index (κ2) is 5.68. The zero-order valence-corrected chi connectivity index (χ0v) is 10.7. The van der Waals surface area contributed by atoms with Crippen molar-refractivity contribution in [3.63, 3.8) is 0 Å². The predicted octanol–water partition coefficient (Wildman–Crippen LogP) is 2.18. The monoisotopic (exact) mass is 241 g/mol. The van der Waals surface area contributed by atoms with E-state index in [0.29, 0.717) is 11.2 Å². The third-order valence-corrected chi connectivity index (χ3v) is 3.77. The van der Waals surface area contributed by atoms with Crippen molar-refractivity contribution in [2.75, 3.05) is 13.1 Å². The van der Waals surface area contributed by atoms with Gasteiger partial charge in [0.25, 0.3) is 0 Å². The molecule has 1 aromatic rings. The molecule has 0 radical (unpaired) electrons. The van der Waals surface area contributed by atoms with E-state index in [2.05, 4.69) is 29.3 Å². The normalized spacial score (nSPS) is 21.6. The van der Waals surface area contributed by atoms with Crippen LogP contribution < -0.4 is 5.32 Å². The van der Waals surface area contributed by atoms with Crippen molar-refractivity contribution in [3.05, 3.63) is 11.7 Å². The molecular formula is C11H19N3OS. The highest BCUT2D eigenvalue weighted by Gasteiger charge is 2.21. The summed E-state index contributed by atoms with van der Waals surface area (Å²) in [6.45, 7) is 6.44. The molecule has 1 saturated heterocycles. The van der Waals surface area contributed by atoms with Crippen molar-refractivity contribution < 1.29 is 4.52 Å². The number of nitrogens with one attached hydrogen (secondary N) is 1. The van der Waals surface area contributed by atoms with E-state index < -0.39 is 0 Å². The Kier molecular flexibility index (Phi) is 4.23. The molecule has 1 aliphatic rings. The van der Waals surface area contributed by atoms with Crippen molar-refractivity contribution in [3.8, 4) is 0 Å². The van der Waals surface area contributed by atoms with E-state index in [9.17, 15) is 0 Å². The lowest BCUT2D eigenvalue weighted by Gasteiger charge is -2.18. The van der Waals surface area contributed by atoms with Crippen LogP contribution in [-0.4, -0.2) is 28.5 Å². The van der Waals surface area contributed by atoms with Crippen LogP contribution in [0.5, 0.6) is 0 Å². The van der Waals surface area contributed by atoms with Gasteiger partial charge in [-0.2, -0.15) is 16.7 Å². The van der Waals surface area contributed by atoms with Crippen molar-refractivity contribution in [2.45, 2.75) is 43.6 Å². The molecule has 90 valence electrons. The maximum absolute atomic E-state index is 5.32. The maximum Gasteiger partial charge on any atom is 0.231 e. The number of aromatic nitrogens is 2. The van der Waals surface area contributed by atoms with Gasteiger partial charge in [0, 0.05) is 6.54 Å². The van der Waals surface area contributed by atoms with Gasteiger partial charge in [0.2, 0.25) is 5.89 Å². The molecule has 1 aromatic heterocycles. The van der Waals surface area contributed by atoms with Crippen LogP contribution in [0, 0.1) is 0 Å². The molecule has 4 nitrogen and oxygen atoms in total. The fourth-order valence-electron chi connectivity index (χ4n) is 1.80. The van der Waals surface area contributed by atoms with Gasteiger partial charge < -0.3 is 9.84 Å². The van der Waals surface area contributed by atoms with Crippen molar-refractivity contribution in [1.29, 1.82) is 0 Å². The van der Waals surface area contributed by atoms with E-state index >= 15 is 0 Å². The molecule has 16 heavy (non-hydrogen) atoms. The number of piperidine rings is 1. The van der Waals surface area contributed by atoms with Gasteiger partial charge in [-0.15, -0.1) is 0 Å². The van der Waals surface area contributed by atoms with Crippen molar-refractivity contribution in [2.24, 2.45) is 0 Å². The molecule has 1 N–H and O–H groups in total. The van der Waals surface area contributed by atoms with Gasteiger partial charge in [0.15, 0.2) is 5.82 Å². The van der Waals surface area contributed by atoms with Crippen LogP contribution in [0.15, 0.2) is 4.52 Å². The first-order valence-electron chi connectivity index (χ1n) is 5.90.